The summed E-state index contributed by atoms with van der Waals surface area (Å²) in [6.45, 7) is 6.40. The third kappa shape index (κ3) is 3.66. The van der Waals surface area contributed by atoms with Gasteiger partial charge in [-0.25, -0.2) is 15.0 Å². The number of fused-ring (bicyclic) bond motifs is 1. The molecule has 8 nitrogen and oxygen atoms in total. The lowest BCUT2D eigenvalue weighted by Crippen LogP contribution is -2.37. The molecule has 1 fully saturated rings. The highest BCUT2D eigenvalue weighted by molar-refractivity contribution is 5.62. The first-order chi connectivity index (χ1) is 14.7. The van der Waals surface area contributed by atoms with Crippen LogP contribution in [0, 0.1) is 6.92 Å². The summed E-state index contributed by atoms with van der Waals surface area (Å²) in [5.74, 6) is 1.28. The summed E-state index contributed by atoms with van der Waals surface area (Å²) < 4.78 is 5.40. The molecule has 0 amide bonds. The maximum absolute atomic E-state index is 12.4. The van der Waals surface area contributed by atoms with Crippen molar-refractivity contribution in [2.75, 3.05) is 42.6 Å². The van der Waals surface area contributed by atoms with Gasteiger partial charge in [0.05, 0.1) is 24.6 Å². The second-order valence-corrected chi connectivity index (χ2v) is 7.66. The number of hydrogen-bond acceptors (Lipinski definition) is 7. The normalized spacial score (nSPS) is 16.4. The minimum absolute atomic E-state index is 0.175. The van der Waals surface area contributed by atoms with Gasteiger partial charge in [0.25, 0.3) is 5.56 Å². The maximum atomic E-state index is 12.4. The summed E-state index contributed by atoms with van der Waals surface area (Å²) in [6, 6.07) is 9.92. The van der Waals surface area contributed by atoms with Crippen molar-refractivity contribution in [1.82, 2.24) is 19.9 Å². The van der Waals surface area contributed by atoms with Gasteiger partial charge in [-0.1, -0.05) is 24.3 Å². The van der Waals surface area contributed by atoms with E-state index in [1.807, 2.05) is 13.0 Å². The lowest BCUT2D eigenvalue weighted by molar-refractivity contribution is 0.122. The quantitative estimate of drug-likeness (QED) is 0.714. The predicted octanol–water partition coefficient (Wildman–Crippen LogP) is 1.93. The van der Waals surface area contributed by atoms with Crippen LogP contribution in [0.2, 0.25) is 0 Å². The van der Waals surface area contributed by atoms with Crippen molar-refractivity contribution in [3.8, 4) is 11.3 Å². The molecular formula is C22H24N6O2. The Labute approximate surface area is 174 Å². The van der Waals surface area contributed by atoms with E-state index in [1.165, 1.54) is 17.2 Å². The molecule has 1 N–H and O–H groups in total. The van der Waals surface area contributed by atoms with Crippen molar-refractivity contribution in [3.05, 3.63) is 63.7 Å². The molecule has 3 aromatic rings. The molecule has 8 heteroatoms. The van der Waals surface area contributed by atoms with Crippen LogP contribution < -0.4 is 15.4 Å². The third-order valence-corrected chi connectivity index (χ3v) is 5.70. The van der Waals surface area contributed by atoms with Crippen LogP contribution in [-0.4, -0.2) is 52.8 Å². The van der Waals surface area contributed by atoms with Crippen molar-refractivity contribution in [2.24, 2.45) is 0 Å². The number of benzene rings is 1. The third-order valence-electron chi connectivity index (χ3n) is 5.70. The van der Waals surface area contributed by atoms with Crippen LogP contribution in [0.5, 0.6) is 0 Å². The fourth-order valence-corrected chi connectivity index (χ4v) is 4.03. The van der Waals surface area contributed by atoms with Crippen LogP contribution in [0.3, 0.4) is 0 Å². The van der Waals surface area contributed by atoms with Crippen molar-refractivity contribution in [1.29, 1.82) is 0 Å². The van der Waals surface area contributed by atoms with Gasteiger partial charge in [-0.05, 0) is 24.5 Å². The Balaban J connectivity index is 1.45. The number of hydrogen-bond donors (Lipinski definition) is 1. The summed E-state index contributed by atoms with van der Waals surface area (Å²) in [5, 5.41) is 0. The zero-order chi connectivity index (χ0) is 20.5. The molecule has 2 aliphatic rings. The van der Waals surface area contributed by atoms with Gasteiger partial charge in [0.15, 0.2) is 0 Å². The van der Waals surface area contributed by atoms with Gasteiger partial charge in [0.1, 0.15) is 0 Å². The highest BCUT2D eigenvalue weighted by Crippen LogP contribution is 2.25. The molecule has 2 aliphatic heterocycles. The Morgan fingerprint density at radius 3 is 2.63 bits per heavy atom. The number of morpholine rings is 1. The molecule has 0 spiro atoms. The lowest BCUT2D eigenvalue weighted by atomic mass is 10.0. The second-order valence-electron chi connectivity index (χ2n) is 7.66. The van der Waals surface area contributed by atoms with Crippen molar-refractivity contribution < 1.29 is 4.74 Å². The van der Waals surface area contributed by atoms with Crippen LogP contribution >= 0.6 is 0 Å². The monoisotopic (exact) mass is 404 g/mol. The molecular weight excluding hydrogens is 380 g/mol. The molecule has 5 rings (SSSR count). The fourth-order valence-electron chi connectivity index (χ4n) is 4.03. The van der Waals surface area contributed by atoms with E-state index in [2.05, 4.69) is 43.0 Å². The molecule has 30 heavy (non-hydrogen) atoms. The molecule has 4 heterocycles. The van der Waals surface area contributed by atoms with Crippen LogP contribution in [0.4, 0.5) is 11.9 Å². The van der Waals surface area contributed by atoms with Crippen molar-refractivity contribution >= 4 is 11.9 Å². The number of rotatable bonds is 3. The second kappa shape index (κ2) is 7.87. The molecule has 0 radical (unpaired) electrons. The average Bonchev–Trinajstić information content (AvgIpc) is 2.79. The number of ether oxygens (including phenoxy) is 1. The fraction of sp³-hybridized carbons (Fsp3) is 0.364. The number of aromatic nitrogens is 4. The molecule has 0 saturated carbocycles. The Hall–Kier alpha value is -3.26. The number of nitrogens with one attached hydrogen (secondary N) is 1. The smallest absolute Gasteiger partial charge is 0.252 e. The summed E-state index contributed by atoms with van der Waals surface area (Å²) in [7, 11) is 0. The molecule has 2 aromatic heterocycles. The van der Waals surface area contributed by atoms with E-state index < -0.39 is 0 Å². The molecule has 0 unspecified atom stereocenters. The first-order valence-corrected chi connectivity index (χ1v) is 10.3. The Morgan fingerprint density at radius 2 is 1.83 bits per heavy atom. The zero-order valence-electron chi connectivity index (χ0n) is 17.0. The van der Waals surface area contributed by atoms with Crippen molar-refractivity contribution in [3.63, 3.8) is 0 Å². The standard InChI is InChI=1S/C22H24N6O2/c1-15-18(13-23-21(24-15)27-8-10-30-11-9-27)19-12-20(29)26-22(25-19)28-7-6-16-4-2-3-5-17(16)14-28/h2-5,12-13H,6-11,14H2,1H3,(H,25,26,29). The molecule has 154 valence electrons. The predicted molar refractivity (Wildman–Crippen MR) is 115 cm³/mol. The SMILES string of the molecule is Cc1nc(N2CCOCC2)ncc1-c1cc(=O)[nH]c(N2CCc3ccccc3C2)n1. The van der Waals surface area contributed by atoms with E-state index >= 15 is 0 Å². The van der Waals surface area contributed by atoms with Crippen LogP contribution in [0.25, 0.3) is 11.3 Å². The van der Waals surface area contributed by atoms with Gasteiger partial charge >= 0.3 is 0 Å². The summed E-state index contributed by atoms with van der Waals surface area (Å²) in [5.41, 5.74) is 4.63. The van der Waals surface area contributed by atoms with Gasteiger partial charge in [-0.3, -0.25) is 9.78 Å². The maximum Gasteiger partial charge on any atom is 0.252 e. The van der Waals surface area contributed by atoms with Gasteiger partial charge in [-0.15, -0.1) is 0 Å². The Morgan fingerprint density at radius 1 is 1.03 bits per heavy atom. The Kier molecular flexibility index (Phi) is 4.92. The number of aromatic amines is 1. The summed E-state index contributed by atoms with van der Waals surface area (Å²) >= 11 is 0. The molecule has 0 atom stereocenters. The van der Waals surface area contributed by atoms with E-state index in [9.17, 15) is 4.79 Å². The van der Waals surface area contributed by atoms with E-state index in [-0.39, 0.29) is 5.56 Å². The average molecular weight is 404 g/mol. The largest absolute Gasteiger partial charge is 0.378 e. The molecule has 0 aliphatic carbocycles. The number of nitrogens with zero attached hydrogens (tertiary/aromatic N) is 5. The summed E-state index contributed by atoms with van der Waals surface area (Å²) in [6.07, 6.45) is 2.70. The van der Waals surface area contributed by atoms with Gasteiger partial charge in [0, 0.05) is 44.0 Å². The highest BCUT2D eigenvalue weighted by Gasteiger charge is 2.20. The van der Waals surface area contributed by atoms with Gasteiger partial charge < -0.3 is 14.5 Å². The number of anilines is 2. The number of aryl methyl sites for hydroxylation is 1. The van der Waals surface area contributed by atoms with Crippen LogP contribution in [-0.2, 0) is 17.7 Å². The molecule has 1 saturated heterocycles. The van der Waals surface area contributed by atoms with E-state index in [4.69, 9.17) is 9.72 Å². The minimum Gasteiger partial charge on any atom is -0.378 e. The Bertz CT molecular complexity index is 1120. The molecule has 0 bridgehead atoms. The summed E-state index contributed by atoms with van der Waals surface area (Å²) in [4.78, 5) is 33.5. The van der Waals surface area contributed by atoms with Gasteiger partial charge in [-0.2, -0.15) is 0 Å². The first-order valence-electron chi connectivity index (χ1n) is 10.3. The first kappa shape index (κ1) is 18.7. The number of H-pyrrole nitrogens is 1. The zero-order valence-corrected chi connectivity index (χ0v) is 17.0. The topological polar surface area (TPSA) is 87.2 Å². The highest BCUT2D eigenvalue weighted by atomic mass is 16.5. The van der Waals surface area contributed by atoms with Crippen molar-refractivity contribution in [2.45, 2.75) is 19.9 Å². The minimum atomic E-state index is -0.175. The molecule has 1 aromatic carbocycles. The lowest BCUT2D eigenvalue weighted by Gasteiger charge is -2.29. The van der Waals surface area contributed by atoms with Crippen LogP contribution in [0.1, 0.15) is 16.8 Å². The van der Waals surface area contributed by atoms with E-state index in [0.29, 0.717) is 30.8 Å². The van der Waals surface area contributed by atoms with E-state index in [0.717, 1.165) is 43.9 Å². The van der Waals surface area contributed by atoms with Crippen LogP contribution in [0.15, 0.2) is 41.3 Å². The van der Waals surface area contributed by atoms with E-state index in [1.54, 1.807) is 6.20 Å². The van der Waals surface area contributed by atoms with Gasteiger partial charge in [0.2, 0.25) is 11.9 Å².